The lowest BCUT2D eigenvalue weighted by atomic mass is 10.1. The zero-order chi connectivity index (χ0) is 22.7. The first-order chi connectivity index (χ1) is 15.4. The number of hydrogen-bond acceptors (Lipinski definition) is 6. The van der Waals surface area contributed by atoms with Crippen LogP contribution in [-0.4, -0.2) is 59.9 Å². The Morgan fingerprint density at radius 2 is 1.66 bits per heavy atom. The molecule has 0 atom stereocenters. The molecule has 1 amide bonds. The van der Waals surface area contributed by atoms with Crippen LogP contribution in [0, 0.1) is 0 Å². The maximum absolute atomic E-state index is 13.3. The van der Waals surface area contributed by atoms with Gasteiger partial charge >= 0.3 is 0 Å². The Hall–Kier alpha value is -2.49. The summed E-state index contributed by atoms with van der Waals surface area (Å²) in [5.74, 6) is 0.559. The molecule has 2 fully saturated rings. The zero-order valence-corrected chi connectivity index (χ0v) is 19.5. The van der Waals surface area contributed by atoms with E-state index < -0.39 is 10.0 Å². The van der Waals surface area contributed by atoms with E-state index in [1.54, 1.807) is 47.4 Å². The molecule has 2 aliphatic rings. The predicted molar refractivity (Wildman–Crippen MR) is 126 cm³/mol. The minimum absolute atomic E-state index is 0.0168. The summed E-state index contributed by atoms with van der Waals surface area (Å²) in [4.78, 5) is 31.2. The van der Waals surface area contributed by atoms with E-state index in [1.165, 1.54) is 29.1 Å². The summed E-state index contributed by atoms with van der Waals surface area (Å²) in [5.41, 5.74) is 1.59. The summed E-state index contributed by atoms with van der Waals surface area (Å²) in [6.07, 6.45) is 2.54. The smallest absolute Gasteiger partial charge is 0.259 e. The van der Waals surface area contributed by atoms with E-state index in [1.807, 2.05) is 0 Å². The van der Waals surface area contributed by atoms with Crippen molar-refractivity contribution in [3.63, 3.8) is 0 Å². The van der Waals surface area contributed by atoms with Gasteiger partial charge in [-0.2, -0.15) is 4.31 Å². The van der Waals surface area contributed by atoms with Gasteiger partial charge < -0.3 is 0 Å². The van der Waals surface area contributed by atoms with E-state index in [4.69, 9.17) is 0 Å². The molecule has 0 radical (unpaired) electrons. The van der Waals surface area contributed by atoms with Crippen LogP contribution in [0.5, 0.6) is 0 Å². The Morgan fingerprint density at radius 1 is 0.938 bits per heavy atom. The number of rotatable bonds is 5. The Kier molecular flexibility index (Phi) is 6.78. The molecular weight excluding hydrogens is 446 g/mol. The van der Waals surface area contributed by atoms with Crippen molar-refractivity contribution in [1.82, 2.24) is 9.21 Å². The van der Waals surface area contributed by atoms with Gasteiger partial charge in [0.25, 0.3) is 5.91 Å². The molecule has 4 rings (SSSR count). The first-order valence-corrected chi connectivity index (χ1v) is 13.0. The van der Waals surface area contributed by atoms with Crippen LogP contribution in [0.3, 0.4) is 0 Å². The van der Waals surface area contributed by atoms with Crippen LogP contribution in [0.15, 0.2) is 58.4 Å². The fourth-order valence-corrected chi connectivity index (χ4v) is 6.26. The molecule has 0 N–H and O–H groups in total. The van der Waals surface area contributed by atoms with Gasteiger partial charge in [0.15, 0.2) is 11.0 Å². The molecule has 168 valence electrons. The van der Waals surface area contributed by atoms with Crippen LogP contribution < -0.4 is 0 Å². The van der Waals surface area contributed by atoms with Crippen LogP contribution in [0.25, 0.3) is 0 Å². The van der Waals surface area contributed by atoms with E-state index >= 15 is 0 Å². The average molecular weight is 472 g/mol. The molecule has 32 heavy (non-hydrogen) atoms. The first-order valence-electron chi connectivity index (χ1n) is 10.6. The third-order valence-electron chi connectivity index (χ3n) is 5.52. The number of amides is 1. The van der Waals surface area contributed by atoms with Crippen molar-refractivity contribution in [2.75, 3.05) is 25.4 Å². The van der Waals surface area contributed by atoms with Gasteiger partial charge in [-0.3, -0.25) is 14.5 Å². The van der Waals surface area contributed by atoms with E-state index in [2.05, 4.69) is 4.99 Å². The van der Waals surface area contributed by atoms with Crippen LogP contribution >= 0.6 is 11.8 Å². The number of sulfonamides is 1. The van der Waals surface area contributed by atoms with Crippen molar-refractivity contribution in [3.05, 3.63) is 59.7 Å². The number of nitrogens with zero attached hydrogens (tertiary/aromatic N) is 3. The molecule has 2 aromatic carbocycles. The molecular formula is C23H25N3O4S2. The van der Waals surface area contributed by atoms with E-state index in [0.717, 1.165) is 25.0 Å². The zero-order valence-electron chi connectivity index (χ0n) is 17.9. The molecule has 9 heteroatoms. The Morgan fingerprint density at radius 3 is 2.34 bits per heavy atom. The average Bonchev–Trinajstić information content (AvgIpc) is 3.35. The highest BCUT2D eigenvalue weighted by Crippen LogP contribution is 2.26. The second-order valence-electron chi connectivity index (χ2n) is 7.80. The number of carbonyl (C=O) groups excluding carboxylic acids is 2. The molecule has 0 aromatic heterocycles. The minimum atomic E-state index is -3.60. The quantitative estimate of drug-likeness (QED) is 0.617. The molecule has 2 saturated heterocycles. The van der Waals surface area contributed by atoms with Crippen LogP contribution in [-0.2, 0) is 10.0 Å². The third-order valence-corrected chi connectivity index (χ3v) is 8.47. The number of hydrogen-bond donors (Lipinski definition) is 0. The molecule has 0 bridgehead atoms. The number of Topliss-reactive ketones (excluding diaryl/α,β-unsaturated/α-hetero) is 1. The van der Waals surface area contributed by atoms with Gasteiger partial charge in [0.1, 0.15) is 0 Å². The molecule has 7 nitrogen and oxygen atoms in total. The molecule has 2 heterocycles. The van der Waals surface area contributed by atoms with Gasteiger partial charge in [-0.15, -0.1) is 0 Å². The minimum Gasteiger partial charge on any atom is -0.295 e. The monoisotopic (exact) mass is 471 g/mol. The lowest BCUT2D eigenvalue weighted by Gasteiger charge is -2.28. The van der Waals surface area contributed by atoms with E-state index in [9.17, 15) is 18.0 Å². The molecule has 2 aliphatic heterocycles. The van der Waals surface area contributed by atoms with Gasteiger partial charge in [-0.05, 0) is 68.7 Å². The lowest BCUT2D eigenvalue weighted by molar-refractivity contribution is 0.0848. The number of thioether (sulfide) groups is 1. The number of aliphatic imine (C=N–C) groups is 1. The highest BCUT2D eigenvalue weighted by atomic mass is 32.2. The second kappa shape index (κ2) is 9.56. The van der Waals surface area contributed by atoms with Crippen LogP contribution in [0.4, 0.5) is 5.69 Å². The lowest BCUT2D eigenvalue weighted by Crippen LogP contribution is -2.39. The number of amidine groups is 1. The molecule has 0 aliphatic carbocycles. The Labute approximate surface area is 192 Å². The summed E-state index contributed by atoms with van der Waals surface area (Å²) in [6.45, 7) is 3.06. The third kappa shape index (κ3) is 4.79. The fourth-order valence-electron chi connectivity index (χ4n) is 3.74. The summed E-state index contributed by atoms with van der Waals surface area (Å²) in [5, 5.41) is 0.574. The number of benzene rings is 2. The number of carbonyl (C=O) groups is 2. The van der Waals surface area contributed by atoms with Gasteiger partial charge in [-0.25, -0.2) is 13.4 Å². The number of ketones is 1. The second-order valence-corrected chi connectivity index (χ2v) is 10.8. The summed E-state index contributed by atoms with van der Waals surface area (Å²) in [7, 11) is -3.60. The van der Waals surface area contributed by atoms with Crippen LogP contribution in [0.1, 0.15) is 46.9 Å². The van der Waals surface area contributed by atoms with Gasteiger partial charge in [0, 0.05) is 36.5 Å². The SMILES string of the molecule is CC(=O)c1ccc(N=C2SCCCN2C(=O)c2cccc(S(=O)(=O)N3CCCC3)c2)cc1. The van der Waals surface area contributed by atoms with E-state index in [-0.39, 0.29) is 16.6 Å². The van der Waals surface area contributed by atoms with Crippen molar-refractivity contribution in [2.24, 2.45) is 4.99 Å². The highest BCUT2D eigenvalue weighted by Gasteiger charge is 2.29. The molecule has 2 aromatic rings. The van der Waals surface area contributed by atoms with Crippen molar-refractivity contribution in [1.29, 1.82) is 0 Å². The normalized spacial score (nSPS) is 18.8. The standard InChI is InChI=1S/C23H25N3O4S2/c1-17(27)18-8-10-20(11-9-18)24-23-26(14-5-15-31-23)22(28)19-6-4-7-21(16-19)32(29,30)25-12-2-3-13-25/h4,6-11,16H,2-3,5,12-15H2,1H3. The maximum atomic E-state index is 13.3. The summed E-state index contributed by atoms with van der Waals surface area (Å²) < 4.78 is 27.3. The molecule has 0 unspecified atom stereocenters. The predicted octanol–water partition coefficient (Wildman–Crippen LogP) is 3.94. The summed E-state index contributed by atoms with van der Waals surface area (Å²) in [6, 6.07) is 13.2. The van der Waals surface area contributed by atoms with Crippen LogP contribution in [0.2, 0.25) is 0 Å². The topological polar surface area (TPSA) is 87.1 Å². The Bertz CT molecular complexity index is 1150. The van der Waals surface area contributed by atoms with Crippen molar-refractivity contribution >= 4 is 44.3 Å². The maximum Gasteiger partial charge on any atom is 0.259 e. The first kappa shape index (κ1) is 22.7. The fraction of sp³-hybridized carbons (Fsp3) is 0.348. The van der Waals surface area contributed by atoms with Crippen molar-refractivity contribution < 1.29 is 18.0 Å². The van der Waals surface area contributed by atoms with Gasteiger partial charge in [-0.1, -0.05) is 17.8 Å². The Balaban J connectivity index is 1.60. The van der Waals surface area contributed by atoms with Crippen molar-refractivity contribution in [2.45, 2.75) is 31.1 Å². The van der Waals surface area contributed by atoms with Crippen molar-refractivity contribution in [3.8, 4) is 0 Å². The highest BCUT2D eigenvalue weighted by molar-refractivity contribution is 8.13. The molecule has 0 saturated carbocycles. The summed E-state index contributed by atoms with van der Waals surface area (Å²) >= 11 is 1.49. The molecule has 0 spiro atoms. The van der Waals surface area contributed by atoms with Gasteiger partial charge in [0.2, 0.25) is 10.0 Å². The van der Waals surface area contributed by atoms with Gasteiger partial charge in [0.05, 0.1) is 10.6 Å². The largest absolute Gasteiger partial charge is 0.295 e. The van der Waals surface area contributed by atoms with E-state index in [0.29, 0.717) is 41.6 Å².